The molecule has 0 N–H and O–H groups in total. The number of hydrogen-bond acceptors (Lipinski definition) is 3. The van der Waals surface area contributed by atoms with Gasteiger partial charge in [0.05, 0.1) is 0 Å². The number of hydrogen-bond donors (Lipinski definition) is 0. The van der Waals surface area contributed by atoms with Crippen LogP contribution in [-0.2, 0) is 0 Å². The number of benzene rings is 1. The molecule has 3 heteroatoms. The lowest BCUT2D eigenvalue weighted by molar-refractivity contribution is 0.101. The summed E-state index contributed by atoms with van der Waals surface area (Å²) in [7, 11) is 0. The van der Waals surface area contributed by atoms with E-state index in [4.69, 9.17) is 9.47 Å². The Labute approximate surface area is 82.6 Å². The predicted molar refractivity (Wildman–Crippen MR) is 52.0 cm³/mol. The second kappa shape index (κ2) is 3.01. The summed E-state index contributed by atoms with van der Waals surface area (Å²) >= 11 is 0. The fraction of sp³-hybridized carbons (Fsp3) is 0.364. The summed E-state index contributed by atoms with van der Waals surface area (Å²) in [5.41, 5.74) is 2.68. The average molecular weight is 192 g/mol. The van der Waals surface area contributed by atoms with Crippen LogP contribution < -0.4 is 9.47 Å². The first-order valence-electron chi connectivity index (χ1n) is 4.52. The molecule has 1 aliphatic heterocycles. The molecule has 3 nitrogen and oxygen atoms in total. The van der Waals surface area contributed by atoms with Crippen LogP contribution in [0, 0.1) is 13.8 Å². The van der Waals surface area contributed by atoms with Gasteiger partial charge in [0, 0.05) is 5.56 Å². The SMILES string of the molecule is CC(=O)c1cc2c(c(C)c1C)OCO2. The van der Waals surface area contributed by atoms with Crippen LogP contribution in [0.25, 0.3) is 0 Å². The second-order valence-corrected chi connectivity index (χ2v) is 3.46. The third-order valence-electron chi connectivity index (χ3n) is 2.60. The van der Waals surface area contributed by atoms with E-state index in [1.54, 1.807) is 13.0 Å². The highest BCUT2D eigenvalue weighted by molar-refractivity contribution is 5.96. The Bertz CT molecular complexity index is 407. The van der Waals surface area contributed by atoms with Crippen molar-refractivity contribution in [3.05, 3.63) is 22.8 Å². The van der Waals surface area contributed by atoms with Crippen LogP contribution >= 0.6 is 0 Å². The Kier molecular flexibility index (Phi) is 1.95. The summed E-state index contributed by atoms with van der Waals surface area (Å²) in [6.45, 7) is 5.67. The summed E-state index contributed by atoms with van der Waals surface area (Å²) in [5, 5.41) is 0. The third kappa shape index (κ3) is 1.16. The molecule has 74 valence electrons. The molecule has 0 unspecified atom stereocenters. The topological polar surface area (TPSA) is 35.5 Å². The van der Waals surface area contributed by atoms with Crippen molar-refractivity contribution >= 4 is 5.78 Å². The lowest BCUT2D eigenvalue weighted by Gasteiger charge is -2.08. The molecule has 1 aliphatic rings. The maximum Gasteiger partial charge on any atom is 0.231 e. The molecular weight excluding hydrogens is 180 g/mol. The molecule has 1 aromatic carbocycles. The van der Waals surface area contributed by atoms with Gasteiger partial charge in [-0.15, -0.1) is 0 Å². The van der Waals surface area contributed by atoms with Crippen molar-refractivity contribution in [2.75, 3.05) is 6.79 Å². The van der Waals surface area contributed by atoms with Crippen molar-refractivity contribution in [1.82, 2.24) is 0 Å². The van der Waals surface area contributed by atoms with Crippen molar-refractivity contribution in [2.45, 2.75) is 20.8 Å². The lowest BCUT2D eigenvalue weighted by atomic mass is 9.99. The van der Waals surface area contributed by atoms with E-state index < -0.39 is 0 Å². The molecule has 0 radical (unpaired) electrons. The Morgan fingerprint density at radius 1 is 1.29 bits per heavy atom. The minimum Gasteiger partial charge on any atom is -0.454 e. The van der Waals surface area contributed by atoms with Crippen molar-refractivity contribution in [1.29, 1.82) is 0 Å². The van der Waals surface area contributed by atoms with Crippen molar-refractivity contribution in [3.63, 3.8) is 0 Å². The number of Topliss-reactive ketones (excluding diaryl/α,β-unsaturated/α-hetero) is 1. The van der Waals surface area contributed by atoms with Crippen LogP contribution in [0.2, 0.25) is 0 Å². The molecule has 1 heterocycles. The quantitative estimate of drug-likeness (QED) is 0.640. The van der Waals surface area contributed by atoms with E-state index in [1.165, 1.54) is 0 Å². The number of carbonyl (C=O) groups excluding carboxylic acids is 1. The van der Waals surface area contributed by atoms with Crippen molar-refractivity contribution in [3.8, 4) is 11.5 Å². The molecule has 0 aliphatic carbocycles. The summed E-state index contributed by atoms with van der Waals surface area (Å²) < 4.78 is 10.6. The molecule has 0 fully saturated rings. The molecule has 14 heavy (non-hydrogen) atoms. The first-order chi connectivity index (χ1) is 6.61. The Hall–Kier alpha value is -1.51. The fourth-order valence-electron chi connectivity index (χ4n) is 1.67. The average Bonchev–Trinajstić information content (AvgIpc) is 2.58. The molecular formula is C11H12O3. The van der Waals surface area contributed by atoms with Crippen LogP contribution in [0.1, 0.15) is 28.4 Å². The van der Waals surface area contributed by atoms with Crippen LogP contribution in [0.3, 0.4) is 0 Å². The van der Waals surface area contributed by atoms with E-state index >= 15 is 0 Å². The van der Waals surface area contributed by atoms with Gasteiger partial charge in [-0.3, -0.25) is 4.79 Å². The van der Waals surface area contributed by atoms with Gasteiger partial charge < -0.3 is 9.47 Å². The van der Waals surface area contributed by atoms with Crippen LogP contribution in [0.5, 0.6) is 11.5 Å². The van der Waals surface area contributed by atoms with Crippen LogP contribution in [-0.4, -0.2) is 12.6 Å². The molecule has 0 saturated carbocycles. The maximum absolute atomic E-state index is 11.3. The molecule has 0 bridgehead atoms. The summed E-state index contributed by atoms with van der Waals surface area (Å²) in [6, 6.07) is 1.76. The standard InChI is InChI=1S/C11H12O3/c1-6-7(2)11-10(13-5-14-11)4-9(6)8(3)12/h4H,5H2,1-3H3. The lowest BCUT2D eigenvalue weighted by Crippen LogP contribution is -1.98. The Morgan fingerprint density at radius 3 is 2.64 bits per heavy atom. The van der Waals surface area contributed by atoms with E-state index in [2.05, 4.69) is 0 Å². The number of ether oxygens (including phenoxy) is 2. The van der Waals surface area contributed by atoms with Gasteiger partial charge in [0.1, 0.15) is 0 Å². The van der Waals surface area contributed by atoms with Gasteiger partial charge in [-0.05, 0) is 38.0 Å². The first kappa shape index (κ1) is 9.06. The zero-order valence-corrected chi connectivity index (χ0v) is 8.51. The van der Waals surface area contributed by atoms with Gasteiger partial charge in [-0.25, -0.2) is 0 Å². The molecule has 0 atom stereocenters. The van der Waals surface area contributed by atoms with Gasteiger partial charge in [0.25, 0.3) is 0 Å². The number of fused-ring (bicyclic) bond motifs is 1. The van der Waals surface area contributed by atoms with Gasteiger partial charge >= 0.3 is 0 Å². The monoisotopic (exact) mass is 192 g/mol. The minimum absolute atomic E-state index is 0.0592. The number of carbonyl (C=O) groups is 1. The van der Waals surface area contributed by atoms with E-state index in [9.17, 15) is 4.79 Å². The van der Waals surface area contributed by atoms with E-state index in [1.807, 2.05) is 13.8 Å². The van der Waals surface area contributed by atoms with Gasteiger partial charge in [0.2, 0.25) is 6.79 Å². The maximum atomic E-state index is 11.3. The molecule has 0 spiro atoms. The third-order valence-corrected chi connectivity index (χ3v) is 2.60. The normalized spacial score (nSPS) is 13.1. The van der Waals surface area contributed by atoms with Crippen LogP contribution in [0.4, 0.5) is 0 Å². The second-order valence-electron chi connectivity index (χ2n) is 3.46. The van der Waals surface area contributed by atoms with E-state index in [0.717, 1.165) is 16.9 Å². The van der Waals surface area contributed by atoms with Gasteiger partial charge in [-0.2, -0.15) is 0 Å². The highest BCUT2D eigenvalue weighted by Gasteiger charge is 2.21. The van der Waals surface area contributed by atoms with Crippen molar-refractivity contribution < 1.29 is 14.3 Å². The molecule has 0 aromatic heterocycles. The summed E-state index contributed by atoms with van der Waals surface area (Å²) in [4.78, 5) is 11.3. The fourth-order valence-corrected chi connectivity index (χ4v) is 1.67. The predicted octanol–water partition coefficient (Wildman–Crippen LogP) is 2.23. The highest BCUT2D eigenvalue weighted by Crippen LogP contribution is 2.38. The van der Waals surface area contributed by atoms with E-state index in [-0.39, 0.29) is 12.6 Å². The molecule has 0 saturated heterocycles. The Morgan fingerprint density at radius 2 is 2.00 bits per heavy atom. The molecule has 1 aromatic rings. The smallest absolute Gasteiger partial charge is 0.231 e. The summed E-state index contributed by atoms with van der Waals surface area (Å²) in [6.07, 6.45) is 0. The van der Waals surface area contributed by atoms with Crippen LogP contribution in [0.15, 0.2) is 6.07 Å². The minimum atomic E-state index is 0.0592. The number of ketones is 1. The highest BCUT2D eigenvalue weighted by atomic mass is 16.7. The van der Waals surface area contributed by atoms with Gasteiger partial charge in [0.15, 0.2) is 17.3 Å². The zero-order valence-electron chi connectivity index (χ0n) is 8.51. The first-order valence-corrected chi connectivity index (χ1v) is 4.52. The summed E-state index contributed by atoms with van der Waals surface area (Å²) in [5.74, 6) is 1.51. The Balaban J connectivity index is 2.67. The number of rotatable bonds is 1. The van der Waals surface area contributed by atoms with Gasteiger partial charge in [-0.1, -0.05) is 0 Å². The van der Waals surface area contributed by atoms with Crippen molar-refractivity contribution in [2.24, 2.45) is 0 Å². The molecule has 0 amide bonds. The molecule has 2 rings (SSSR count). The largest absolute Gasteiger partial charge is 0.454 e. The zero-order chi connectivity index (χ0) is 10.3. The van der Waals surface area contributed by atoms with E-state index in [0.29, 0.717) is 11.3 Å².